The zero-order chi connectivity index (χ0) is 36.4. The Balaban J connectivity index is 1.90. The number of benzene rings is 1. The average Bonchev–Trinajstić information content (AvgIpc) is 2.93. The number of hydrogen-bond acceptors (Lipinski definition) is 12. The van der Waals surface area contributed by atoms with Crippen molar-refractivity contribution in [2.75, 3.05) is 39.6 Å². The van der Waals surface area contributed by atoms with Gasteiger partial charge in [-0.25, -0.2) is 0 Å². The second-order valence-corrected chi connectivity index (χ2v) is 14.6. The van der Waals surface area contributed by atoms with Crippen LogP contribution >= 0.6 is 0 Å². The third-order valence-corrected chi connectivity index (χ3v) is 9.29. The number of phenolic OH excluding ortho intramolecular Hbond substituents is 1. The molecule has 1 aromatic carbocycles. The molecule has 6 N–H and O–H groups in total. The summed E-state index contributed by atoms with van der Waals surface area (Å²) in [6.07, 6.45) is -1.04. The number of phenols is 1. The lowest BCUT2D eigenvalue weighted by molar-refractivity contribution is -0.158. The van der Waals surface area contributed by atoms with E-state index in [2.05, 4.69) is 0 Å². The summed E-state index contributed by atoms with van der Waals surface area (Å²) in [7, 11) is 6.63. The highest BCUT2D eigenvalue weighted by Gasteiger charge is 2.63. The first-order chi connectivity index (χ1) is 22.0. The van der Waals surface area contributed by atoms with Crippen LogP contribution in [0.15, 0.2) is 28.7 Å². The smallest absolute Gasteiger partial charge is 0.303 e. The zero-order valence-electron chi connectivity index (χ0n) is 28.9. The van der Waals surface area contributed by atoms with Gasteiger partial charge in [0.05, 0.1) is 11.6 Å². The Morgan fingerprint density at radius 2 is 1.71 bits per heavy atom. The molecule has 14 nitrogen and oxygen atoms in total. The van der Waals surface area contributed by atoms with Gasteiger partial charge in [-0.2, -0.15) is 0 Å². The summed E-state index contributed by atoms with van der Waals surface area (Å²) in [4.78, 5) is 70.0. The number of anilines is 1. The van der Waals surface area contributed by atoms with E-state index in [0.717, 1.165) is 0 Å². The number of aliphatic hydroxyl groups excluding tert-OH is 2. The van der Waals surface area contributed by atoms with Gasteiger partial charge >= 0.3 is 5.97 Å². The number of aromatic hydroxyl groups is 1. The summed E-state index contributed by atoms with van der Waals surface area (Å²) in [5, 5.41) is 46.3. The Kier molecular flexibility index (Phi) is 9.52. The molecule has 4 rings (SSSR count). The molecular weight excluding hydrogens is 624 g/mol. The fourth-order valence-electron chi connectivity index (χ4n) is 7.42. The van der Waals surface area contributed by atoms with E-state index in [0.29, 0.717) is 11.3 Å². The number of Topliss-reactive ketones (excluding diaryl/α,β-unsaturated/α-hetero) is 2. The van der Waals surface area contributed by atoms with Crippen molar-refractivity contribution < 1.29 is 49.1 Å². The first-order valence-corrected chi connectivity index (χ1v) is 15.7. The fourth-order valence-corrected chi connectivity index (χ4v) is 7.42. The maximum Gasteiger partial charge on any atom is 0.303 e. The van der Waals surface area contributed by atoms with Crippen molar-refractivity contribution in [2.24, 2.45) is 23.0 Å². The van der Waals surface area contributed by atoms with Gasteiger partial charge in [0, 0.05) is 56.9 Å². The van der Waals surface area contributed by atoms with Crippen molar-refractivity contribution in [3.8, 4) is 5.75 Å². The van der Waals surface area contributed by atoms with Crippen molar-refractivity contribution in [1.29, 1.82) is 0 Å². The standard InChI is InChI=1S/C34H46N4O10/c1-15(48-16(2)39)32(46)38(14-33(3,4)5)13-18-12-21(36(6)7)19-10-17-11-20-25(37(8)9)28(42)24(31(35)45)30(44)34(20,47)29(43)22(17)27(41)23(19)26(18)40/h12,15,17,20,25,40,42-43,47H,10-11,13-14H2,1-9H3,(H2,35,45)/t15?,17-,20-,25+,34-/m0/s1. The second kappa shape index (κ2) is 12.5. The number of rotatable bonds is 8. The van der Waals surface area contributed by atoms with Crippen molar-refractivity contribution in [3.63, 3.8) is 0 Å². The monoisotopic (exact) mass is 670 g/mol. The SMILES string of the molecule is CC(=O)OC(C)C(=O)N(Cc1cc(N(C)C)c2c(c1O)C(=O)C1=C(O)[C@]3(O)C(=O)C(C(N)=O)=C(O)[C@H](N(C)C)[C@@H]3C[C@@H]1C2)CC(C)(C)C. The predicted octanol–water partition coefficient (Wildman–Crippen LogP) is 1.51. The lowest BCUT2D eigenvalue weighted by Crippen LogP contribution is -2.63. The van der Waals surface area contributed by atoms with Gasteiger partial charge in [-0.3, -0.25) is 28.9 Å². The minimum absolute atomic E-state index is 0.0386. The summed E-state index contributed by atoms with van der Waals surface area (Å²) in [6, 6.07) is 0.579. The predicted molar refractivity (Wildman–Crippen MR) is 174 cm³/mol. The quantitative estimate of drug-likeness (QED) is 0.197. The van der Waals surface area contributed by atoms with Crippen LogP contribution in [-0.4, -0.2) is 112 Å². The molecule has 0 aromatic heterocycles. The molecule has 0 bridgehead atoms. The van der Waals surface area contributed by atoms with Crippen LogP contribution in [0, 0.1) is 17.3 Å². The van der Waals surface area contributed by atoms with Crippen molar-refractivity contribution in [1.82, 2.24) is 9.80 Å². The summed E-state index contributed by atoms with van der Waals surface area (Å²) in [5.41, 5.74) is 2.16. The molecule has 0 radical (unpaired) electrons. The lowest BCUT2D eigenvalue weighted by Gasteiger charge is -2.50. The number of primary amides is 1. The van der Waals surface area contributed by atoms with Crippen LogP contribution in [0.3, 0.4) is 0 Å². The van der Waals surface area contributed by atoms with Crippen LogP contribution in [0.5, 0.6) is 5.75 Å². The van der Waals surface area contributed by atoms with E-state index in [1.807, 2.05) is 20.8 Å². The number of aliphatic hydroxyl groups is 3. The number of allylic oxidation sites excluding steroid dienone is 1. The summed E-state index contributed by atoms with van der Waals surface area (Å²) >= 11 is 0. The molecule has 2 amide bonds. The first kappa shape index (κ1) is 36.4. The molecule has 0 saturated heterocycles. The molecule has 1 unspecified atom stereocenters. The third kappa shape index (κ3) is 6.02. The van der Waals surface area contributed by atoms with Gasteiger partial charge in [0.15, 0.2) is 17.5 Å². The van der Waals surface area contributed by atoms with Gasteiger partial charge in [-0.15, -0.1) is 0 Å². The number of amides is 2. The maximum absolute atomic E-state index is 14.4. The highest BCUT2D eigenvalue weighted by atomic mass is 16.5. The highest BCUT2D eigenvalue weighted by Crippen LogP contribution is 2.53. The summed E-state index contributed by atoms with van der Waals surface area (Å²) < 4.78 is 5.14. The Morgan fingerprint density at radius 3 is 2.21 bits per heavy atom. The highest BCUT2D eigenvalue weighted by molar-refractivity contribution is 6.25. The number of ketones is 2. The van der Waals surface area contributed by atoms with Gasteiger partial charge in [0.2, 0.25) is 5.78 Å². The van der Waals surface area contributed by atoms with Crippen LogP contribution in [0.2, 0.25) is 0 Å². The van der Waals surface area contributed by atoms with E-state index < -0.39 is 87.2 Å². The summed E-state index contributed by atoms with van der Waals surface area (Å²) in [6.45, 7) is 8.42. The number of ether oxygens (including phenoxy) is 1. The molecule has 1 aromatic rings. The molecule has 262 valence electrons. The van der Waals surface area contributed by atoms with E-state index in [1.165, 1.54) is 23.6 Å². The van der Waals surface area contributed by atoms with Gasteiger partial charge in [0.25, 0.3) is 11.8 Å². The largest absolute Gasteiger partial charge is 0.510 e. The van der Waals surface area contributed by atoms with E-state index in [-0.39, 0.29) is 42.6 Å². The molecule has 0 spiro atoms. The van der Waals surface area contributed by atoms with Crippen molar-refractivity contribution in [2.45, 2.75) is 71.8 Å². The van der Waals surface area contributed by atoms with Crippen LogP contribution < -0.4 is 10.6 Å². The molecular formula is C34H46N4O10. The van der Waals surface area contributed by atoms with Gasteiger partial charge in [0.1, 0.15) is 22.8 Å². The van der Waals surface area contributed by atoms with Crippen LogP contribution in [-0.2, 0) is 36.9 Å². The number of esters is 1. The molecule has 48 heavy (non-hydrogen) atoms. The average molecular weight is 671 g/mol. The number of nitrogens with zero attached hydrogens (tertiary/aromatic N) is 3. The number of carbonyl (C=O) groups is 5. The molecule has 0 fully saturated rings. The van der Waals surface area contributed by atoms with E-state index in [1.54, 1.807) is 39.2 Å². The number of fused-ring (bicyclic) bond motifs is 3. The van der Waals surface area contributed by atoms with Gasteiger partial charge < -0.3 is 40.7 Å². The Labute approximate surface area is 279 Å². The van der Waals surface area contributed by atoms with Crippen LogP contribution in [0.4, 0.5) is 5.69 Å². The van der Waals surface area contributed by atoms with Crippen LogP contribution in [0.25, 0.3) is 0 Å². The maximum atomic E-state index is 14.4. The topological polar surface area (TPSA) is 211 Å². The number of nitrogens with two attached hydrogens (primary N) is 1. The van der Waals surface area contributed by atoms with Crippen LogP contribution in [0.1, 0.15) is 62.5 Å². The number of hydrogen-bond donors (Lipinski definition) is 5. The second-order valence-electron chi connectivity index (χ2n) is 14.6. The summed E-state index contributed by atoms with van der Waals surface area (Å²) in [5.74, 6) is -8.51. The lowest BCUT2D eigenvalue weighted by atomic mass is 9.58. The van der Waals surface area contributed by atoms with Crippen molar-refractivity contribution in [3.05, 3.63) is 45.4 Å². The molecule has 0 saturated carbocycles. The third-order valence-electron chi connectivity index (χ3n) is 9.29. The minimum atomic E-state index is -2.76. The molecule has 3 aliphatic rings. The van der Waals surface area contributed by atoms with E-state index in [4.69, 9.17) is 10.5 Å². The zero-order valence-corrected chi connectivity index (χ0v) is 28.9. The normalized spacial score (nSPS) is 24.5. The Hall–Kier alpha value is -4.43. The van der Waals surface area contributed by atoms with Crippen molar-refractivity contribution >= 4 is 35.0 Å². The Bertz CT molecular complexity index is 1650. The van der Waals surface area contributed by atoms with E-state index >= 15 is 0 Å². The molecule has 5 atom stereocenters. The van der Waals surface area contributed by atoms with E-state index in [9.17, 15) is 44.4 Å². The van der Waals surface area contributed by atoms with Gasteiger partial charge in [-0.05, 0) is 56.8 Å². The molecule has 3 aliphatic carbocycles. The fraction of sp³-hybridized carbons (Fsp3) is 0.559. The minimum Gasteiger partial charge on any atom is -0.510 e. The first-order valence-electron chi connectivity index (χ1n) is 15.7. The Morgan fingerprint density at radius 1 is 1.10 bits per heavy atom. The number of likely N-dealkylation sites (N-methyl/N-ethyl adjacent to an activating group) is 1. The molecule has 0 heterocycles. The molecule has 14 heteroatoms. The number of carbonyl (C=O) groups excluding carboxylic acids is 5. The molecule has 0 aliphatic heterocycles. The van der Waals surface area contributed by atoms with Gasteiger partial charge in [-0.1, -0.05) is 20.8 Å².